The molecule has 5 nitrogen and oxygen atoms in total. The van der Waals surface area contributed by atoms with Gasteiger partial charge in [0, 0.05) is 24.7 Å². The summed E-state index contributed by atoms with van der Waals surface area (Å²) in [4.78, 5) is 18.5. The minimum absolute atomic E-state index is 0.317. The maximum absolute atomic E-state index is 11.2. The van der Waals surface area contributed by atoms with Crippen LogP contribution in [-0.4, -0.2) is 40.0 Å². The summed E-state index contributed by atoms with van der Waals surface area (Å²) in [6.45, 7) is 1.41. The van der Waals surface area contributed by atoms with Gasteiger partial charge >= 0.3 is 0 Å². The Morgan fingerprint density at radius 3 is 3.24 bits per heavy atom. The number of β-amino-alcohol motifs (C(OH)–C–C–N with tert-alkyl or cyclic N) is 1. The van der Waals surface area contributed by atoms with Crippen LogP contribution < -0.4 is 4.90 Å². The Kier molecular flexibility index (Phi) is 2.60. The molecule has 3 rings (SSSR count). The smallest absolute Gasteiger partial charge is 0.196 e. The zero-order valence-corrected chi connectivity index (χ0v) is 10.1. The first-order valence-electron chi connectivity index (χ1n) is 5.63. The van der Waals surface area contributed by atoms with Gasteiger partial charge in [0.1, 0.15) is 5.69 Å². The molecule has 0 amide bonds. The second-order valence-electron chi connectivity index (χ2n) is 4.24. The number of piperidine rings is 1. The van der Waals surface area contributed by atoms with Gasteiger partial charge in [-0.2, -0.15) is 0 Å². The summed E-state index contributed by atoms with van der Waals surface area (Å²) in [5, 5.41) is 11.6. The third kappa shape index (κ3) is 1.73. The summed E-state index contributed by atoms with van der Waals surface area (Å²) in [7, 11) is 0. The van der Waals surface area contributed by atoms with Gasteiger partial charge < -0.3 is 10.0 Å². The summed E-state index contributed by atoms with van der Waals surface area (Å²) in [5.74, 6) is 0.700. The Hall–Kier alpha value is -1.40. The highest BCUT2D eigenvalue weighted by atomic mass is 32.1. The first-order valence-corrected chi connectivity index (χ1v) is 6.51. The lowest BCUT2D eigenvalue weighted by Gasteiger charge is -2.30. The maximum atomic E-state index is 11.2. The zero-order valence-electron chi connectivity index (χ0n) is 9.24. The number of hydrogen-bond acceptors (Lipinski definition) is 5. The van der Waals surface area contributed by atoms with Gasteiger partial charge in [0.05, 0.1) is 6.10 Å². The standard InChI is InChI=1S/C11H13N3O2S/c15-7-9-10(12-11-14(9)4-5-17-11)13-3-1-2-8(16)6-13/h4-5,7-8,16H,1-3,6H2. The van der Waals surface area contributed by atoms with Crippen LogP contribution >= 0.6 is 11.3 Å². The molecule has 1 fully saturated rings. The molecule has 2 aromatic heterocycles. The van der Waals surface area contributed by atoms with Gasteiger partial charge in [0.25, 0.3) is 0 Å². The Labute approximate surface area is 102 Å². The van der Waals surface area contributed by atoms with Crippen LogP contribution in [0.3, 0.4) is 0 Å². The molecule has 1 aliphatic heterocycles. The van der Waals surface area contributed by atoms with E-state index in [1.807, 2.05) is 16.5 Å². The summed E-state index contributed by atoms with van der Waals surface area (Å²) in [6.07, 6.45) is 4.13. The fourth-order valence-corrected chi connectivity index (χ4v) is 3.00. The van der Waals surface area contributed by atoms with Crippen molar-refractivity contribution in [3.63, 3.8) is 0 Å². The summed E-state index contributed by atoms with van der Waals surface area (Å²) in [5.41, 5.74) is 0.579. The Morgan fingerprint density at radius 1 is 1.59 bits per heavy atom. The van der Waals surface area contributed by atoms with E-state index in [0.717, 1.165) is 30.6 Å². The number of aliphatic hydroxyl groups is 1. The Bertz CT molecular complexity index is 548. The van der Waals surface area contributed by atoms with E-state index in [9.17, 15) is 9.90 Å². The number of carbonyl (C=O) groups is 1. The van der Waals surface area contributed by atoms with Crippen molar-refractivity contribution in [2.24, 2.45) is 0 Å². The highest BCUT2D eigenvalue weighted by molar-refractivity contribution is 7.15. The largest absolute Gasteiger partial charge is 0.391 e. The van der Waals surface area contributed by atoms with E-state index in [0.29, 0.717) is 18.1 Å². The summed E-state index contributed by atoms with van der Waals surface area (Å²) < 4.78 is 1.80. The fraction of sp³-hybridized carbons (Fsp3) is 0.455. The van der Waals surface area contributed by atoms with E-state index in [1.54, 1.807) is 4.40 Å². The second kappa shape index (κ2) is 4.12. The van der Waals surface area contributed by atoms with E-state index >= 15 is 0 Å². The van der Waals surface area contributed by atoms with Gasteiger partial charge in [0.15, 0.2) is 17.1 Å². The van der Waals surface area contributed by atoms with Crippen molar-refractivity contribution in [2.45, 2.75) is 18.9 Å². The van der Waals surface area contributed by atoms with E-state index in [2.05, 4.69) is 4.98 Å². The Balaban J connectivity index is 2.03. The van der Waals surface area contributed by atoms with Crippen molar-refractivity contribution in [2.75, 3.05) is 18.0 Å². The molecule has 6 heteroatoms. The second-order valence-corrected chi connectivity index (χ2v) is 5.11. The van der Waals surface area contributed by atoms with Crippen LogP contribution in [0.15, 0.2) is 11.6 Å². The summed E-state index contributed by atoms with van der Waals surface area (Å²) in [6, 6.07) is 0. The molecule has 90 valence electrons. The number of thiazole rings is 1. The molecule has 3 heterocycles. The lowest BCUT2D eigenvalue weighted by atomic mass is 10.1. The minimum atomic E-state index is -0.317. The van der Waals surface area contributed by atoms with Crippen molar-refractivity contribution < 1.29 is 9.90 Å². The normalized spacial score (nSPS) is 21.0. The predicted molar refractivity (Wildman–Crippen MR) is 65.9 cm³/mol. The number of carbonyl (C=O) groups excluding carboxylic acids is 1. The number of imidazole rings is 1. The molecule has 1 N–H and O–H groups in total. The highest BCUT2D eigenvalue weighted by Gasteiger charge is 2.23. The molecular formula is C11H13N3O2S. The minimum Gasteiger partial charge on any atom is -0.391 e. The first kappa shape index (κ1) is 10.7. The zero-order chi connectivity index (χ0) is 11.8. The molecule has 1 aliphatic rings. The van der Waals surface area contributed by atoms with Crippen molar-refractivity contribution in [3.05, 3.63) is 17.3 Å². The van der Waals surface area contributed by atoms with Crippen LogP contribution in [0.5, 0.6) is 0 Å². The number of aromatic nitrogens is 2. The number of rotatable bonds is 2. The van der Waals surface area contributed by atoms with E-state index in [1.165, 1.54) is 11.3 Å². The van der Waals surface area contributed by atoms with Crippen LogP contribution in [0.4, 0.5) is 5.82 Å². The van der Waals surface area contributed by atoms with Gasteiger partial charge in [-0.05, 0) is 12.8 Å². The molecule has 2 aromatic rings. The van der Waals surface area contributed by atoms with Gasteiger partial charge in [-0.25, -0.2) is 4.98 Å². The molecular weight excluding hydrogens is 238 g/mol. The molecule has 17 heavy (non-hydrogen) atoms. The van der Waals surface area contributed by atoms with Gasteiger partial charge in [0.2, 0.25) is 0 Å². The third-order valence-corrected chi connectivity index (χ3v) is 3.84. The lowest BCUT2D eigenvalue weighted by molar-refractivity contribution is 0.111. The molecule has 0 radical (unpaired) electrons. The average molecular weight is 251 g/mol. The quantitative estimate of drug-likeness (QED) is 0.814. The van der Waals surface area contributed by atoms with Gasteiger partial charge in [-0.1, -0.05) is 0 Å². The highest BCUT2D eigenvalue weighted by Crippen LogP contribution is 2.25. The van der Waals surface area contributed by atoms with Gasteiger partial charge in [-0.15, -0.1) is 11.3 Å². The molecule has 1 atom stereocenters. The van der Waals surface area contributed by atoms with Crippen LogP contribution in [0, 0.1) is 0 Å². The molecule has 1 saturated heterocycles. The molecule has 1 unspecified atom stereocenters. The maximum Gasteiger partial charge on any atom is 0.196 e. The number of anilines is 1. The van der Waals surface area contributed by atoms with Crippen LogP contribution in [0.25, 0.3) is 4.96 Å². The predicted octanol–water partition coefficient (Wildman–Crippen LogP) is 1.17. The van der Waals surface area contributed by atoms with E-state index in [4.69, 9.17) is 0 Å². The average Bonchev–Trinajstić information content (AvgIpc) is 2.88. The third-order valence-electron chi connectivity index (χ3n) is 3.09. The van der Waals surface area contributed by atoms with Crippen LogP contribution in [0.2, 0.25) is 0 Å². The first-order chi connectivity index (χ1) is 8.29. The number of fused-ring (bicyclic) bond motifs is 1. The molecule has 0 bridgehead atoms. The van der Waals surface area contributed by atoms with Gasteiger partial charge in [-0.3, -0.25) is 9.20 Å². The van der Waals surface area contributed by atoms with E-state index < -0.39 is 0 Å². The molecule has 0 saturated carbocycles. The van der Waals surface area contributed by atoms with E-state index in [-0.39, 0.29) is 6.10 Å². The number of aldehydes is 1. The molecule has 0 aromatic carbocycles. The molecule has 0 spiro atoms. The molecule has 0 aliphatic carbocycles. The van der Waals surface area contributed by atoms with Crippen molar-refractivity contribution >= 4 is 28.4 Å². The fourth-order valence-electron chi connectivity index (χ4n) is 2.28. The Morgan fingerprint density at radius 2 is 2.47 bits per heavy atom. The van der Waals surface area contributed by atoms with Crippen molar-refractivity contribution in [3.8, 4) is 0 Å². The number of hydrogen-bond donors (Lipinski definition) is 1. The summed E-state index contributed by atoms with van der Waals surface area (Å²) >= 11 is 1.51. The van der Waals surface area contributed by atoms with Crippen LogP contribution in [0.1, 0.15) is 23.3 Å². The van der Waals surface area contributed by atoms with Crippen molar-refractivity contribution in [1.82, 2.24) is 9.38 Å². The SMILES string of the molecule is O=Cc1c(N2CCCC(O)C2)nc2sccn12. The number of nitrogens with zero attached hydrogens (tertiary/aromatic N) is 3. The van der Waals surface area contributed by atoms with Crippen molar-refractivity contribution in [1.29, 1.82) is 0 Å². The topological polar surface area (TPSA) is 57.8 Å². The monoisotopic (exact) mass is 251 g/mol. The number of aliphatic hydroxyl groups excluding tert-OH is 1. The lowest BCUT2D eigenvalue weighted by Crippen LogP contribution is -2.38. The van der Waals surface area contributed by atoms with Crippen LogP contribution in [-0.2, 0) is 0 Å².